The maximum absolute atomic E-state index is 13.7. The number of benzene rings is 1. The third kappa shape index (κ3) is 2.95. The Morgan fingerprint density at radius 2 is 2.35 bits per heavy atom. The van der Waals surface area contributed by atoms with Gasteiger partial charge in [-0.15, -0.1) is 0 Å². The van der Waals surface area contributed by atoms with E-state index in [9.17, 15) is 14.3 Å². The second-order valence-corrected chi connectivity index (χ2v) is 5.13. The Kier molecular flexibility index (Phi) is 4.02. The summed E-state index contributed by atoms with van der Waals surface area (Å²) < 4.78 is 13.7. The SMILES string of the molecule is N#Cc1ccc(F)c(CN2CCC[C@](O)(C(N)=O)C2)c1. The van der Waals surface area contributed by atoms with Crippen LogP contribution < -0.4 is 5.73 Å². The molecule has 1 aliphatic rings. The smallest absolute Gasteiger partial charge is 0.250 e. The molecule has 106 valence electrons. The van der Waals surface area contributed by atoms with Crippen LogP contribution in [0.2, 0.25) is 0 Å². The van der Waals surface area contributed by atoms with Crippen LogP contribution in [-0.2, 0) is 11.3 Å². The molecule has 1 amide bonds. The van der Waals surface area contributed by atoms with Crippen LogP contribution >= 0.6 is 0 Å². The zero-order valence-electron chi connectivity index (χ0n) is 11.0. The number of carbonyl (C=O) groups is 1. The molecule has 0 aromatic heterocycles. The van der Waals surface area contributed by atoms with E-state index in [1.807, 2.05) is 6.07 Å². The highest BCUT2D eigenvalue weighted by molar-refractivity contribution is 5.83. The molecule has 6 heteroatoms. The topological polar surface area (TPSA) is 90.3 Å². The molecule has 0 saturated carbocycles. The molecule has 1 aromatic carbocycles. The average molecular weight is 277 g/mol. The molecule has 1 saturated heterocycles. The summed E-state index contributed by atoms with van der Waals surface area (Å²) in [4.78, 5) is 13.0. The molecule has 0 spiro atoms. The van der Waals surface area contributed by atoms with Crippen molar-refractivity contribution < 1.29 is 14.3 Å². The number of aliphatic hydroxyl groups is 1. The summed E-state index contributed by atoms with van der Waals surface area (Å²) in [5.41, 5.74) is 4.40. The third-order valence-electron chi connectivity index (χ3n) is 3.58. The van der Waals surface area contributed by atoms with Crippen LogP contribution in [0.3, 0.4) is 0 Å². The van der Waals surface area contributed by atoms with Crippen LogP contribution in [0.5, 0.6) is 0 Å². The minimum atomic E-state index is -1.55. The van der Waals surface area contributed by atoms with Crippen molar-refractivity contribution in [3.05, 3.63) is 35.1 Å². The van der Waals surface area contributed by atoms with Crippen LogP contribution in [-0.4, -0.2) is 34.6 Å². The highest BCUT2D eigenvalue weighted by atomic mass is 19.1. The van der Waals surface area contributed by atoms with E-state index in [-0.39, 0.29) is 13.1 Å². The number of amides is 1. The fraction of sp³-hybridized carbons (Fsp3) is 0.429. The van der Waals surface area contributed by atoms with E-state index >= 15 is 0 Å². The molecule has 1 heterocycles. The van der Waals surface area contributed by atoms with Gasteiger partial charge >= 0.3 is 0 Å². The van der Waals surface area contributed by atoms with Gasteiger partial charge < -0.3 is 10.8 Å². The molecule has 0 bridgehead atoms. The summed E-state index contributed by atoms with van der Waals surface area (Å²) in [6.45, 7) is 0.960. The van der Waals surface area contributed by atoms with E-state index in [1.165, 1.54) is 18.2 Å². The lowest BCUT2D eigenvalue weighted by atomic mass is 9.92. The Morgan fingerprint density at radius 1 is 1.60 bits per heavy atom. The zero-order chi connectivity index (χ0) is 14.8. The highest BCUT2D eigenvalue weighted by Crippen LogP contribution is 2.23. The molecule has 5 nitrogen and oxygen atoms in total. The average Bonchev–Trinajstić information content (AvgIpc) is 2.41. The summed E-state index contributed by atoms with van der Waals surface area (Å²) in [7, 11) is 0. The summed E-state index contributed by atoms with van der Waals surface area (Å²) in [6.07, 6.45) is 0.929. The van der Waals surface area contributed by atoms with Crippen LogP contribution in [0.4, 0.5) is 4.39 Å². The highest BCUT2D eigenvalue weighted by Gasteiger charge is 2.38. The lowest BCUT2D eigenvalue weighted by Gasteiger charge is -2.37. The van der Waals surface area contributed by atoms with Crippen molar-refractivity contribution in [3.63, 3.8) is 0 Å². The molecule has 0 radical (unpaired) electrons. The molecule has 1 fully saturated rings. The number of nitrogens with zero attached hydrogens (tertiary/aromatic N) is 2. The predicted molar refractivity (Wildman–Crippen MR) is 69.8 cm³/mol. The molecule has 0 aliphatic carbocycles. The van der Waals surface area contributed by atoms with Crippen LogP contribution in [0.15, 0.2) is 18.2 Å². The molecule has 1 aromatic rings. The quantitative estimate of drug-likeness (QED) is 0.842. The molecular formula is C14H16FN3O2. The second kappa shape index (κ2) is 5.57. The molecule has 2 rings (SSSR count). The molecule has 20 heavy (non-hydrogen) atoms. The third-order valence-corrected chi connectivity index (χ3v) is 3.58. The van der Waals surface area contributed by atoms with E-state index in [0.717, 1.165) is 0 Å². The van der Waals surface area contributed by atoms with Crippen molar-refractivity contribution in [3.8, 4) is 6.07 Å². The summed E-state index contributed by atoms with van der Waals surface area (Å²) in [5.74, 6) is -1.16. The van der Waals surface area contributed by atoms with Gasteiger partial charge in [0.15, 0.2) is 5.60 Å². The summed E-state index contributed by atoms with van der Waals surface area (Å²) in [5, 5.41) is 18.9. The van der Waals surface area contributed by atoms with Crippen molar-refractivity contribution in [1.82, 2.24) is 4.90 Å². The number of nitrogens with two attached hydrogens (primary N) is 1. The fourth-order valence-electron chi connectivity index (χ4n) is 2.47. The van der Waals surface area contributed by atoms with Crippen molar-refractivity contribution in [2.45, 2.75) is 25.0 Å². The van der Waals surface area contributed by atoms with Crippen molar-refractivity contribution in [2.24, 2.45) is 5.73 Å². The first-order valence-electron chi connectivity index (χ1n) is 6.38. The van der Waals surface area contributed by atoms with Gasteiger partial charge in [-0.25, -0.2) is 4.39 Å². The number of piperidine rings is 1. The minimum absolute atomic E-state index is 0.0819. The number of likely N-dealkylation sites (tertiary alicyclic amines) is 1. The molecular weight excluding hydrogens is 261 g/mol. The standard InChI is InChI=1S/C14H16FN3O2/c15-12-3-2-10(7-16)6-11(12)8-18-5-1-4-14(20,9-18)13(17)19/h2-3,6,20H,1,4-5,8-9H2,(H2,17,19)/t14-/m1/s1. The van der Waals surface area contributed by atoms with Gasteiger partial charge in [-0.1, -0.05) is 0 Å². The zero-order valence-corrected chi connectivity index (χ0v) is 11.0. The Balaban J connectivity index is 2.14. The normalized spacial score (nSPS) is 23.2. The predicted octanol–water partition coefficient (Wildman–Crippen LogP) is 0.510. The first-order valence-corrected chi connectivity index (χ1v) is 6.38. The van der Waals surface area contributed by atoms with Gasteiger partial charge in [-0.3, -0.25) is 9.69 Å². The number of hydrogen-bond acceptors (Lipinski definition) is 4. The number of hydrogen-bond donors (Lipinski definition) is 2. The van der Waals surface area contributed by atoms with E-state index in [1.54, 1.807) is 4.90 Å². The van der Waals surface area contributed by atoms with Crippen molar-refractivity contribution >= 4 is 5.91 Å². The molecule has 1 aliphatic heterocycles. The van der Waals surface area contributed by atoms with E-state index < -0.39 is 17.3 Å². The number of carbonyl (C=O) groups excluding carboxylic acids is 1. The first kappa shape index (κ1) is 14.4. The number of rotatable bonds is 3. The molecule has 1 atom stereocenters. The lowest BCUT2D eigenvalue weighted by Crippen LogP contribution is -2.55. The van der Waals surface area contributed by atoms with Gasteiger partial charge in [0.05, 0.1) is 11.6 Å². The van der Waals surface area contributed by atoms with Gasteiger partial charge in [0, 0.05) is 18.7 Å². The van der Waals surface area contributed by atoms with Crippen LogP contribution in [0.1, 0.15) is 24.0 Å². The monoisotopic (exact) mass is 277 g/mol. The van der Waals surface area contributed by atoms with E-state index in [0.29, 0.717) is 30.5 Å². The largest absolute Gasteiger partial charge is 0.379 e. The van der Waals surface area contributed by atoms with Gasteiger partial charge in [0.25, 0.3) is 5.91 Å². The van der Waals surface area contributed by atoms with Crippen LogP contribution in [0.25, 0.3) is 0 Å². The van der Waals surface area contributed by atoms with Gasteiger partial charge in [0.1, 0.15) is 5.82 Å². The number of β-amino-alcohol motifs (C(OH)–C–C–N with tert-alkyl or cyclic N) is 1. The maximum atomic E-state index is 13.7. The Bertz CT molecular complexity index is 570. The first-order chi connectivity index (χ1) is 9.44. The Hall–Kier alpha value is -1.97. The Morgan fingerprint density at radius 3 is 3.00 bits per heavy atom. The summed E-state index contributed by atoms with van der Waals surface area (Å²) in [6, 6.07) is 6.10. The van der Waals surface area contributed by atoms with Crippen molar-refractivity contribution in [2.75, 3.05) is 13.1 Å². The minimum Gasteiger partial charge on any atom is -0.379 e. The van der Waals surface area contributed by atoms with Gasteiger partial charge in [-0.05, 0) is 37.6 Å². The number of halogens is 1. The van der Waals surface area contributed by atoms with E-state index in [4.69, 9.17) is 11.0 Å². The van der Waals surface area contributed by atoms with Gasteiger partial charge in [-0.2, -0.15) is 5.26 Å². The summed E-state index contributed by atoms with van der Waals surface area (Å²) >= 11 is 0. The number of primary amides is 1. The van der Waals surface area contributed by atoms with E-state index in [2.05, 4.69) is 0 Å². The Labute approximate surface area is 116 Å². The number of nitriles is 1. The van der Waals surface area contributed by atoms with Crippen molar-refractivity contribution in [1.29, 1.82) is 5.26 Å². The van der Waals surface area contributed by atoms with Gasteiger partial charge in [0.2, 0.25) is 0 Å². The lowest BCUT2D eigenvalue weighted by molar-refractivity contribution is -0.142. The second-order valence-electron chi connectivity index (χ2n) is 5.13. The fourth-order valence-corrected chi connectivity index (χ4v) is 2.47. The maximum Gasteiger partial charge on any atom is 0.250 e. The molecule has 3 N–H and O–H groups in total. The van der Waals surface area contributed by atoms with Crippen LogP contribution in [0, 0.1) is 17.1 Å². The molecule has 0 unspecified atom stereocenters.